The van der Waals surface area contributed by atoms with Crippen molar-refractivity contribution in [3.8, 4) is 5.75 Å². The number of ether oxygens (including phenoxy) is 1. The molecule has 0 spiro atoms. The molecule has 0 radical (unpaired) electrons. The normalized spacial score (nSPS) is 10.6. The van der Waals surface area contributed by atoms with Gasteiger partial charge in [-0.1, -0.05) is 6.07 Å². The molecular weight excluding hydrogens is 276 g/mol. The van der Waals surface area contributed by atoms with Gasteiger partial charge in [0.15, 0.2) is 5.11 Å². The zero-order chi connectivity index (χ0) is 15.1. The fourth-order valence-corrected chi connectivity index (χ4v) is 1.86. The van der Waals surface area contributed by atoms with Crippen molar-refractivity contribution < 1.29 is 14.6 Å². The largest absolute Gasteiger partial charge is 0.495 e. The molecule has 0 aliphatic carbocycles. The molecule has 5 nitrogen and oxygen atoms in total. The summed E-state index contributed by atoms with van der Waals surface area (Å²) < 4.78 is 5.24. The lowest BCUT2D eigenvalue weighted by atomic mass is 10.1. The monoisotopic (exact) mass is 294 g/mol. The molecule has 1 rings (SSSR count). The Morgan fingerprint density at radius 1 is 1.45 bits per heavy atom. The summed E-state index contributed by atoms with van der Waals surface area (Å²) in [4.78, 5) is 10.5. The van der Waals surface area contributed by atoms with Crippen molar-refractivity contribution in [1.82, 2.24) is 5.32 Å². The molecule has 6 heteroatoms. The van der Waals surface area contributed by atoms with Crippen molar-refractivity contribution in [2.24, 2.45) is 0 Å². The Bertz CT molecular complexity index is 527. The summed E-state index contributed by atoms with van der Waals surface area (Å²) >= 11 is 5.18. The number of carboxylic acid groups (broad SMARTS) is 1. The molecule has 1 aromatic carbocycles. The third kappa shape index (κ3) is 5.27. The second kappa shape index (κ2) is 7.49. The Labute approximate surface area is 123 Å². The van der Waals surface area contributed by atoms with Crippen LogP contribution in [-0.4, -0.2) is 29.3 Å². The number of aliphatic carboxylic acids is 1. The number of nitrogens with one attached hydrogen (secondary N) is 2. The maximum Gasteiger partial charge on any atom is 0.328 e. The van der Waals surface area contributed by atoms with Gasteiger partial charge in [-0.2, -0.15) is 0 Å². The molecule has 0 atom stereocenters. The van der Waals surface area contributed by atoms with E-state index in [-0.39, 0.29) is 6.04 Å². The standard InChI is InChI=1S/C14H18N2O3S/c1-9(2)15-14(20)16-11-8-10(5-7-13(17)18)4-6-12(11)19-3/h4-9H,1-3H3,(H,17,18)(H2,15,16,20)/b7-5+. The van der Waals surface area contributed by atoms with Gasteiger partial charge < -0.3 is 20.5 Å². The molecule has 0 unspecified atom stereocenters. The molecule has 0 saturated carbocycles. The zero-order valence-electron chi connectivity index (χ0n) is 11.6. The highest BCUT2D eigenvalue weighted by Crippen LogP contribution is 2.26. The van der Waals surface area contributed by atoms with Gasteiger partial charge in [0.05, 0.1) is 12.8 Å². The number of carboxylic acids is 1. The van der Waals surface area contributed by atoms with Crippen molar-refractivity contribution in [2.75, 3.05) is 12.4 Å². The summed E-state index contributed by atoms with van der Waals surface area (Å²) in [7, 11) is 1.56. The van der Waals surface area contributed by atoms with E-state index in [0.717, 1.165) is 11.6 Å². The first-order chi connectivity index (χ1) is 9.42. The number of hydrogen-bond acceptors (Lipinski definition) is 3. The number of anilines is 1. The molecule has 0 amide bonds. The average molecular weight is 294 g/mol. The van der Waals surface area contributed by atoms with E-state index in [1.807, 2.05) is 13.8 Å². The molecule has 0 aliphatic rings. The Morgan fingerprint density at radius 2 is 2.15 bits per heavy atom. The lowest BCUT2D eigenvalue weighted by Crippen LogP contribution is -2.34. The molecule has 0 heterocycles. The smallest absolute Gasteiger partial charge is 0.328 e. The second-order valence-electron chi connectivity index (χ2n) is 4.38. The fraction of sp³-hybridized carbons (Fsp3) is 0.286. The van der Waals surface area contributed by atoms with E-state index in [0.29, 0.717) is 16.5 Å². The Balaban J connectivity index is 2.94. The number of hydrogen-bond donors (Lipinski definition) is 3. The van der Waals surface area contributed by atoms with Crippen LogP contribution in [-0.2, 0) is 4.79 Å². The fourth-order valence-electron chi connectivity index (χ4n) is 1.52. The third-order valence-corrected chi connectivity index (χ3v) is 2.53. The molecule has 3 N–H and O–H groups in total. The van der Waals surface area contributed by atoms with E-state index >= 15 is 0 Å². The van der Waals surface area contributed by atoms with Gasteiger partial charge in [0.2, 0.25) is 0 Å². The highest BCUT2D eigenvalue weighted by atomic mass is 32.1. The van der Waals surface area contributed by atoms with E-state index in [1.54, 1.807) is 25.3 Å². The number of benzene rings is 1. The average Bonchev–Trinajstić information content (AvgIpc) is 2.35. The number of methoxy groups -OCH3 is 1. The van der Waals surface area contributed by atoms with Crippen LogP contribution in [0.15, 0.2) is 24.3 Å². The first kappa shape index (κ1) is 16.0. The Hall–Kier alpha value is -2.08. The van der Waals surface area contributed by atoms with Crippen molar-refractivity contribution in [2.45, 2.75) is 19.9 Å². The summed E-state index contributed by atoms with van der Waals surface area (Å²) in [6.45, 7) is 3.97. The van der Waals surface area contributed by atoms with Crippen LogP contribution in [0.2, 0.25) is 0 Å². The molecule has 20 heavy (non-hydrogen) atoms. The van der Waals surface area contributed by atoms with Crippen molar-refractivity contribution in [1.29, 1.82) is 0 Å². The van der Waals surface area contributed by atoms with Crippen LogP contribution < -0.4 is 15.4 Å². The topological polar surface area (TPSA) is 70.6 Å². The van der Waals surface area contributed by atoms with Crippen LogP contribution in [0, 0.1) is 0 Å². The minimum atomic E-state index is -0.993. The van der Waals surface area contributed by atoms with Crippen LogP contribution in [0.25, 0.3) is 6.08 Å². The Kier molecular flexibility index (Phi) is 5.99. The van der Waals surface area contributed by atoms with Crippen LogP contribution >= 0.6 is 12.2 Å². The molecule has 1 aromatic rings. The second-order valence-corrected chi connectivity index (χ2v) is 4.79. The van der Waals surface area contributed by atoms with Gasteiger partial charge in [-0.3, -0.25) is 0 Å². The lowest BCUT2D eigenvalue weighted by Gasteiger charge is -2.15. The molecule has 0 saturated heterocycles. The van der Waals surface area contributed by atoms with E-state index in [2.05, 4.69) is 10.6 Å². The van der Waals surface area contributed by atoms with Crippen molar-refractivity contribution in [3.63, 3.8) is 0 Å². The van der Waals surface area contributed by atoms with Crippen molar-refractivity contribution >= 4 is 35.1 Å². The molecule has 0 fully saturated rings. The summed E-state index contributed by atoms with van der Waals surface area (Å²) in [6.07, 6.45) is 2.59. The molecule has 0 bridgehead atoms. The maximum atomic E-state index is 10.5. The summed E-state index contributed by atoms with van der Waals surface area (Å²) in [5.41, 5.74) is 1.42. The molecule has 0 aliphatic heterocycles. The predicted octanol–water partition coefficient (Wildman–Crippen LogP) is 2.49. The lowest BCUT2D eigenvalue weighted by molar-refractivity contribution is -0.131. The SMILES string of the molecule is COc1ccc(/C=C/C(=O)O)cc1NC(=S)NC(C)C. The van der Waals surface area contributed by atoms with Crippen LogP contribution in [0.1, 0.15) is 19.4 Å². The van der Waals surface area contributed by atoms with E-state index < -0.39 is 5.97 Å². The van der Waals surface area contributed by atoms with E-state index in [4.69, 9.17) is 22.1 Å². The minimum absolute atomic E-state index is 0.219. The van der Waals surface area contributed by atoms with E-state index in [1.165, 1.54) is 6.08 Å². The maximum absolute atomic E-state index is 10.5. The zero-order valence-corrected chi connectivity index (χ0v) is 12.5. The highest BCUT2D eigenvalue weighted by Gasteiger charge is 2.06. The first-order valence-corrected chi connectivity index (χ1v) is 6.49. The summed E-state index contributed by atoms with van der Waals surface area (Å²) in [5.74, 6) is -0.363. The van der Waals surface area contributed by atoms with Gasteiger partial charge in [0.25, 0.3) is 0 Å². The highest BCUT2D eigenvalue weighted by molar-refractivity contribution is 7.80. The van der Waals surface area contributed by atoms with Crippen LogP contribution in [0.3, 0.4) is 0 Å². The minimum Gasteiger partial charge on any atom is -0.495 e. The number of thiocarbonyl (C=S) groups is 1. The molecule has 0 aromatic heterocycles. The van der Waals surface area contributed by atoms with Gasteiger partial charge >= 0.3 is 5.97 Å². The Morgan fingerprint density at radius 3 is 2.70 bits per heavy atom. The quantitative estimate of drug-likeness (QED) is 0.572. The van der Waals surface area contributed by atoms with Crippen molar-refractivity contribution in [3.05, 3.63) is 29.8 Å². The third-order valence-electron chi connectivity index (χ3n) is 2.31. The summed E-state index contributed by atoms with van der Waals surface area (Å²) in [6, 6.07) is 5.51. The predicted molar refractivity (Wildman–Crippen MR) is 84.2 cm³/mol. The van der Waals surface area contributed by atoms with Crippen LogP contribution in [0.5, 0.6) is 5.75 Å². The first-order valence-electron chi connectivity index (χ1n) is 6.09. The van der Waals surface area contributed by atoms with Gasteiger partial charge in [-0.25, -0.2) is 4.79 Å². The van der Waals surface area contributed by atoms with Gasteiger partial charge in [0.1, 0.15) is 5.75 Å². The van der Waals surface area contributed by atoms with E-state index in [9.17, 15) is 4.79 Å². The number of carbonyl (C=O) groups is 1. The van der Waals surface area contributed by atoms with Crippen LogP contribution in [0.4, 0.5) is 5.69 Å². The van der Waals surface area contributed by atoms with Gasteiger partial charge in [0, 0.05) is 12.1 Å². The van der Waals surface area contributed by atoms with Gasteiger partial charge in [-0.15, -0.1) is 0 Å². The van der Waals surface area contributed by atoms with Gasteiger partial charge in [-0.05, 0) is 49.8 Å². The molecule has 108 valence electrons. The molecular formula is C14H18N2O3S. The number of rotatable bonds is 5. The summed E-state index contributed by atoms with van der Waals surface area (Å²) in [5, 5.41) is 15.2.